The maximum Gasteiger partial charge on any atom is 0.237 e. The van der Waals surface area contributed by atoms with Gasteiger partial charge in [0.1, 0.15) is 5.76 Å². The topological polar surface area (TPSA) is 54.3 Å². The van der Waals surface area contributed by atoms with Crippen LogP contribution in [0.4, 0.5) is 0 Å². The van der Waals surface area contributed by atoms with Crippen LogP contribution in [-0.2, 0) is 4.79 Å². The van der Waals surface area contributed by atoms with E-state index in [2.05, 4.69) is 10.6 Å². The maximum atomic E-state index is 11.7. The van der Waals surface area contributed by atoms with Gasteiger partial charge in [-0.05, 0) is 39.8 Å². The summed E-state index contributed by atoms with van der Waals surface area (Å²) in [6.07, 6.45) is 1.63. The average Bonchev–Trinajstić information content (AvgIpc) is 2.68. The molecule has 0 aliphatic carbocycles. The van der Waals surface area contributed by atoms with Crippen molar-refractivity contribution in [2.75, 3.05) is 0 Å². The van der Waals surface area contributed by atoms with Crippen molar-refractivity contribution in [3.05, 3.63) is 24.2 Å². The zero-order valence-corrected chi connectivity index (χ0v) is 10.3. The summed E-state index contributed by atoms with van der Waals surface area (Å²) < 4.78 is 5.26. The van der Waals surface area contributed by atoms with E-state index in [1.165, 1.54) is 0 Å². The van der Waals surface area contributed by atoms with E-state index in [9.17, 15) is 4.79 Å². The lowest BCUT2D eigenvalue weighted by Gasteiger charge is -2.19. The molecule has 1 aromatic heterocycles. The molecule has 2 N–H and O–H groups in total. The second-order valence-corrected chi connectivity index (χ2v) is 4.29. The number of nitrogens with one attached hydrogen (secondary N) is 2. The number of hydrogen-bond acceptors (Lipinski definition) is 3. The van der Waals surface area contributed by atoms with Gasteiger partial charge in [-0.15, -0.1) is 0 Å². The van der Waals surface area contributed by atoms with E-state index in [1.54, 1.807) is 6.26 Å². The third-order valence-corrected chi connectivity index (χ3v) is 2.29. The molecule has 4 heteroatoms. The predicted molar refractivity (Wildman–Crippen MR) is 63.0 cm³/mol. The van der Waals surface area contributed by atoms with Crippen molar-refractivity contribution < 1.29 is 9.21 Å². The van der Waals surface area contributed by atoms with Crippen LogP contribution >= 0.6 is 0 Å². The van der Waals surface area contributed by atoms with Crippen molar-refractivity contribution in [2.45, 2.75) is 45.8 Å². The summed E-state index contributed by atoms with van der Waals surface area (Å²) in [6, 6.07) is 3.69. The van der Waals surface area contributed by atoms with E-state index in [-0.39, 0.29) is 24.0 Å². The molecule has 0 spiro atoms. The van der Waals surface area contributed by atoms with Gasteiger partial charge in [-0.1, -0.05) is 0 Å². The Labute approximate surface area is 96.4 Å². The summed E-state index contributed by atoms with van der Waals surface area (Å²) in [5.74, 6) is 0.845. The molecular formula is C12H20N2O2. The van der Waals surface area contributed by atoms with Crippen LogP contribution in [0.3, 0.4) is 0 Å². The van der Waals surface area contributed by atoms with Crippen LogP contribution in [0.1, 0.15) is 39.5 Å². The predicted octanol–water partition coefficient (Wildman–Crippen LogP) is 1.84. The fraction of sp³-hybridized carbons (Fsp3) is 0.583. The smallest absolute Gasteiger partial charge is 0.237 e. The first kappa shape index (κ1) is 12.8. The molecule has 0 fully saturated rings. The summed E-state index contributed by atoms with van der Waals surface area (Å²) in [4.78, 5) is 11.7. The monoisotopic (exact) mass is 224 g/mol. The molecule has 1 amide bonds. The SMILES string of the molecule is CC(C)NC(=O)C(C)N[C@@H](C)c1ccco1. The molecule has 0 aromatic carbocycles. The third kappa shape index (κ3) is 3.70. The number of furan rings is 1. The second kappa shape index (κ2) is 5.70. The molecule has 1 aromatic rings. The first-order valence-electron chi connectivity index (χ1n) is 5.60. The van der Waals surface area contributed by atoms with E-state index in [0.29, 0.717) is 0 Å². The van der Waals surface area contributed by atoms with Crippen molar-refractivity contribution in [3.63, 3.8) is 0 Å². The Morgan fingerprint density at radius 2 is 2.00 bits per heavy atom. The molecule has 16 heavy (non-hydrogen) atoms. The van der Waals surface area contributed by atoms with E-state index in [4.69, 9.17) is 4.42 Å². The molecule has 0 radical (unpaired) electrons. The number of hydrogen-bond donors (Lipinski definition) is 2. The largest absolute Gasteiger partial charge is 0.468 e. The Morgan fingerprint density at radius 1 is 1.31 bits per heavy atom. The first-order chi connectivity index (χ1) is 7.50. The van der Waals surface area contributed by atoms with Crippen molar-refractivity contribution in [1.29, 1.82) is 0 Å². The summed E-state index contributed by atoms with van der Waals surface area (Å²) in [6.45, 7) is 7.70. The van der Waals surface area contributed by atoms with Crippen LogP contribution in [-0.4, -0.2) is 18.0 Å². The van der Waals surface area contributed by atoms with Crippen LogP contribution in [0.5, 0.6) is 0 Å². The van der Waals surface area contributed by atoms with E-state index < -0.39 is 0 Å². The number of amides is 1. The van der Waals surface area contributed by atoms with E-state index in [1.807, 2.05) is 39.8 Å². The van der Waals surface area contributed by atoms with Gasteiger partial charge in [-0.2, -0.15) is 0 Å². The van der Waals surface area contributed by atoms with Gasteiger partial charge in [-0.3, -0.25) is 10.1 Å². The van der Waals surface area contributed by atoms with Gasteiger partial charge in [0.2, 0.25) is 5.91 Å². The highest BCUT2D eigenvalue weighted by Gasteiger charge is 2.17. The average molecular weight is 224 g/mol. The van der Waals surface area contributed by atoms with Gasteiger partial charge in [0.15, 0.2) is 0 Å². The molecule has 0 saturated heterocycles. The highest BCUT2D eigenvalue weighted by Crippen LogP contribution is 2.12. The lowest BCUT2D eigenvalue weighted by atomic mass is 10.2. The molecular weight excluding hydrogens is 204 g/mol. The quantitative estimate of drug-likeness (QED) is 0.802. The zero-order valence-electron chi connectivity index (χ0n) is 10.3. The number of carbonyl (C=O) groups excluding carboxylic acids is 1. The van der Waals surface area contributed by atoms with Crippen LogP contribution in [0.2, 0.25) is 0 Å². The lowest BCUT2D eigenvalue weighted by molar-refractivity contribution is -0.123. The molecule has 4 nitrogen and oxygen atoms in total. The van der Waals surface area contributed by atoms with Crippen LogP contribution in [0, 0.1) is 0 Å². The molecule has 0 saturated carbocycles. The van der Waals surface area contributed by atoms with Gasteiger partial charge in [0.25, 0.3) is 0 Å². The van der Waals surface area contributed by atoms with Gasteiger partial charge < -0.3 is 9.73 Å². The summed E-state index contributed by atoms with van der Waals surface area (Å²) in [5, 5.41) is 6.04. The van der Waals surface area contributed by atoms with Crippen LogP contribution < -0.4 is 10.6 Å². The Bertz CT molecular complexity index is 320. The minimum absolute atomic E-state index is 0.00778. The standard InChI is InChI=1S/C12H20N2O2/c1-8(2)13-12(15)10(4)14-9(3)11-6-5-7-16-11/h5-10,14H,1-4H3,(H,13,15)/t9-,10?/m0/s1. The molecule has 90 valence electrons. The van der Waals surface area contributed by atoms with Crippen LogP contribution in [0.15, 0.2) is 22.8 Å². The molecule has 1 rings (SSSR count). The Hall–Kier alpha value is -1.29. The summed E-state index contributed by atoms with van der Waals surface area (Å²) >= 11 is 0. The van der Waals surface area contributed by atoms with Gasteiger partial charge in [-0.25, -0.2) is 0 Å². The second-order valence-electron chi connectivity index (χ2n) is 4.29. The van der Waals surface area contributed by atoms with Crippen molar-refractivity contribution in [3.8, 4) is 0 Å². The van der Waals surface area contributed by atoms with Crippen molar-refractivity contribution in [2.24, 2.45) is 0 Å². The molecule has 0 aliphatic heterocycles. The Balaban J connectivity index is 2.45. The lowest BCUT2D eigenvalue weighted by Crippen LogP contribution is -2.45. The fourth-order valence-electron chi connectivity index (χ4n) is 1.48. The van der Waals surface area contributed by atoms with Crippen LogP contribution in [0.25, 0.3) is 0 Å². The highest BCUT2D eigenvalue weighted by atomic mass is 16.3. The molecule has 1 heterocycles. The number of rotatable bonds is 5. The summed E-state index contributed by atoms with van der Waals surface area (Å²) in [5.41, 5.74) is 0. The minimum atomic E-state index is -0.234. The third-order valence-electron chi connectivity index (χ3n) is 2.29. The highest BCUT2D eigenvalue weighted by molar-refractivity contribution is 5.81. The van der Waals surface area contributed by atoms with Gasteiger partial charge in [0.05, 0.1) is 18.3 Å². The minimum Gasteiger partial charge on any atom is -0.468 e. The number of carbonyl (C=O) groups is 1. The Morgan fingerprint density at radius 3 is 2.50 bits per heavy atom. The summed E-state index contributed by atoms with van der Waals surface area (Å²) in [7, 11) is 0. The molecule has 0 bridgehead atoms. The molecule has 2 atom stereocenters. The van der Waals surface area contributed by atoms with Gasteiger partial charge >= 0.3 is 0 Å². The maximum absolute atomic E-state index is 11.7. The normalized spacial score (nSPS) is 14.8. The molecule has 1 unspecified atom stereocenters. The van der Waals surface area contributed by atoms with Gasteiger partial charge in [0, 0.05) is 6.04 Å². The first-order valence-corrected chi connectivity index (χ1v) is 5.60. The van der Waals surface area contributed by atoms with E-state index >= 15 is 0 Å². The van der Waals surface area contributed by atoms with Crippen molar-refractivity contribution >= 4 is 5.91 Å². The van der Waals surface area contributed by atoms with E-state index in [0.717, 1.165) is 5.76 Å². The van der Waals surface area contributed by atoms with Crippen molar-refractivity contribution in [1.82, 2.24) is 10.6 Å². The zero-order chi connectivity index (χ0) is 12.1. The fourth-order valence-corrected chi connectivity index (χ4v) is 1.48. The Kier molecular flexibility index (Phi) is 4.55. The molecule has 0 aliphatic rings.